The van der Waals surface area contributed by atoms with E-state index in [4.69, 9.17) is 14.6 Å². The van der Waals surface area contributed by atoms with Gasteiger partial charge >= 0.3 is 11.9 Å². The number of rotatable bonds is 4. The Bertz CT molecular complexity index is 724. The lowest BCUT2D eigenvalue weighted by molar-refractivity contribution is -0.134. The highest BCUT2D eigenvalue weighted by atomic mass is 16.4. The van der Waals surface area contributed by atoms with Crippen molar-refractivity contribution in [1.29, 1.82) is 0 Å². The van der Waals surface area contributed by atoms with E-state index in [0.717, 1.165) is 11.3 Å². The van der Waals surface area contributed by atoms with E-state index in [0.29, 0.717) is 18.2 Å². The predicted octanol–water partition coefficient (Wildman–Crippen LogP) is 2.82. The third kappa shape index (κ3) is 5.58. The van der Waals surface area contributed by atoms with Crippen LogP contribution in [0.4, 0.5) is 0 Å². The van der Waals surface area contributed by atoms with Crippen LogP contribution in [0.15, 0.2) is 53.4 Å². The van der Waals surface area contributed by atoms with Gasteiger partial charge in [0.25, 0.3) is 0 Å². The lowest BCUT2D eigenvalue weighted by Crippen LogP contribution is -2.17. The number of nitrogens with zero attached hydrogens (tertiary/aromatic N) is 2. The van der Waals surface area contributed by atoms with Gasteiger partial charge < -0.3 is 14.6 Å². The Morgan fingerprint density at radius 3 is 2.52 bits per heavy atom. The van der Waals surface area contributed by atoms with Crippen molar-refractivity contribution in [3.63, 3.8) is 0 Å². The predicted molar refractivity (Wildman–Crippen MR) is 91.0 cm³/mol. The number of carbonyl (C=O) groups is 2. The van der Waals surface area contributed by atoms with E-state index in [-0.39, 0.29) is 0 Å². The molecule has 1 fully saturated rings. The lowest BCUT2D eigenvalue weighted by Gasteiger charge is -2.19. The Hall–Kier alpha value is -2.93. The van der Waals surface area contributed by atoms with E-state index in [1.165, 1.54) is 24.9 Å². The minimum Gasteiger partial charge on any atom is -0.478 e. The molecule has 1 aliphatic rings. The van der Waals surface area contributed by atoms with Gasteiger partial charge in [-0.25, -0.2) is 9.59 Å². The quantitative estimate of drug-likeness (QED) is 0.822. The molecule has 0 saturated carbocycles. The highest BCUT2D eigenvalue weighted by molar-refractivity contribution is 5.89. The Kier molecular flexibility index (Phi) is 6.47. The first-order valence-electron chi connectivity index (χ1n) is 7.80. The van der Waals surface area contributed by atoms with Gasteiger partial charge in [0, 0.05) is 36.2 Å². The van der Waals surface area contributed by atoms with Crippen LogP contribution in [0, 0.1) is 0 Å². The zero-order chi connectivity index (χ0) is 18.2. The molecule has 0 spiro atoms. The van der Waals surface area contributed by atoms with Crippen molar-refractivity contribution in [2.75, 3.05) is 13.6 Å². The van der Waals surface area contributed by atoms with Crippen LogP contribution in [0.5, 0.6) is 0 Å². The van der Waals surface area contributed by atoms with Gasteiger partial charge in [0.2, 0.25) is 0 Å². The zero-order valence-electron chi connectivity index (χ0n) is 13.8. The van der Waals surface area contributed by atoms with E-state index in [2.05, 4.69) is 23.0 Å². The van der Waals surface area contributed by atoms with Gasteiger partial charge in [0.05, 0.1) is 6.26 Å². The van der Waals surface area contributed by atoms with Crippen LogP contribution in [-0.4, -0.2) is 45.6 Å². The summed E-state index contributed by atoms with van der Waals surface area (Å²) in [6.45, 7) is 1.18. The second-order valence-corrected chi connectivity index (χ2v) is 5.63. The Morgan fingerprint density at radius 1 is 1.28 bits per heavy atom. The topological polar surface area (TPSA) is 104 Å². The van der Waals surface area contributed by atoms with Crippen LogP contribution in [0.2, 0.25) is 0 Å². The van der Waals surface area contributed by atoms with E-state index in [9.17, 15) is 9.59 Å². The summed E-state index contributed by atoms with van der Waals surface area (Å²) in [6.07, 6.45) is 9.14. The minimum absolute atomic E-state index is 0.511. The van der Waals surface area contributed by atoms with Gasteiger partial charge in [-0.1, -0.05) is 0 Å². The largest absolute Gasteiger partial charge is 0.478 e. The maximum absolute atomic E-state index is 9.55. The molecule has 25 heavy (non-hydrogen) atoms. The number of furan rings is 1. The number of likely N-dealkylation sites (tertiary alicyclic amines) is 1. The summed E-state index contributed by atoms with van der Waals surface area (Å²) in [5.41, 5.74) is 2.35. The van der Waals surface area contributed by atoms with E-state index in [1.54, 1.807) is 6.26 Å². The van der Waals surface area contributed by atoms with Crippen molar-refractivity contribution in [3.05, 3.63) is 54.6 Å². The molecule has 1 atom stereocenters. The summed E-state index contributed by atoms with van der Waals surface area (Å²) >= 11 is 0. The van der Waals surface area contributed by atoms with Gasteiger partial charge in [-0.15, -0.1) is 0 Å². The van der Waals surface area contributed by atoms with Crippen LogP contribution in [0.3, 0.4) is 0 Å². The summed E-state index contributed by atoms with van der Waals surface area (Å²) in [5.74, 6) is -1.63. The number of hydrogen-bond acceptors (Lipinski definition) is 5. The van der Waals surface area contributed by atoms with E-state index in [1.807, 2.05) is 24.5 Å². The summed E-state index contributed by atoms with van der Waals surface area (Å²) in [7, 11) is 2.18. The highest BCUT2D eigenvalue weighted by Crippen LogP contribution is 2.31. The summed E-state index contributed by atoms with van der Waals surface area (Å²) in [5, 5.41) is 15.6. The van der Waals surface area contributed by atoms with Crippen molar-refractivity contribution in [1.82, 2.24) is 9.88 Å². The molecule has 1 aliphatic heterocycles. The molecule has 132 valence electrons. The maximum Gasteiger partial charge on any atom is 0.328 e. The van der Waals surface area contributed by atoms with Crippen molar-refractivity contribution in [2.45, 2.75) is 18.9 Å². The average Bonchev–Trinajstić information content (AvgIpc) is 3.25. The maximum atomic E-state index is 9.55. The van der Waals surface area contributed by atoms with Crippen LogP contribution < -0.4 is 0 Å². The molecule has 0 aromatic carbocycles. The highest BCUT2D eigenvalue weighted by Gasteiger charge is 2.23. The number of carboxylic acid groups (broad SMARTS) is 2. The first-order chi connectivity index (χ1) is 12.0. The number of aromatic nitrogens is 1. The fourth-order valence-corrected chi connectivity index (χ4v) is 2.69. The van der Waals surface area contributed by atoms with Crippen molar-refractivity contribution in [2.24, 2.45) is 0 Å². The van der Waals surface area contributed by atoms with Gasteiger partial charge in [0.15, 0.2) is 0 Å². The fourth-order valence-electron chi connectivity index (χ4n) is 2.69. The molecule has 0 amide bonds. The summed E-state index contributed by atoms with van der Waals surface area (Å²) in [6, 6.07) is 6.58. The normalized spacial score (nSPS) is 17.2. The minimum atomic E-state index is -1.26. The number of carboxylic acids is 2. The van der Waals surface area contributed by atoms with E-state index < -0.39 is 11.9 Å². The molecule has 1 saturated heterocycles. The second kappa shape index (κ2) is 8.79. The monoisotopic (exact) mass is 344 g/mol. The van der Waals surface area contributed by atoms with Crippen molar-refractivity contribution < 1.29 is 24.2 Å². The molecular weight excluding hydrogens is 324 g/mol. The van der Waals surface area contributed by atoms with Gasteiger partial charge in [-0.2, -0.15) is 0 Å². The lowest BCUT2D eigenvalue weighted by atomic mass is 10.0. The zero-order valence-corrected chi connectivity index (χ0v) is 13.8. The Labute approximate surface area is 145 Å². The van der Waals surface area contributed by atoms with Crippen LogP contribution in [0.25, 0.3) is 11.3 Å². The third-order valence-electron chi connectivity index (χ3n) is 3.84. The molecular formula is C18H20N2O5. The fraction of sp³-hybridized carbons (Fsp3) is 0.278. The second-order valence-electron chi connectivity index (χ2n) is 5.63. The molecule has 2 aromatic heterocycles. The van der Waals surface area contributed by atoms with Gasteiger partial charge in [0.1, 0.15) is 5.76 Å². The number of aliphatic carboxylic acids is 2. The molecule has 0 bridgehead atoms. The molecule has 0 aliphatic carbocycles. The molecule has 3 heterocycles. The molecule has 2 N–H and O–H groups in total. The first kappa shape index (κ1) is 18.4. The molecule has 7 nitrogen and oxygen atoms in total. The molecule has 3 rings (SSSR count). The number of hydrogen-bond donors (Lipinski definition) is 2. The first-order valence-corrected chi connectivity index (χ1v) is 7.80. The Balaban J connectivity index is 0.000000242. The Morgan fingerprint density at radius 2 is 2.00 bits per heavy atom. The van der Waals surface area contributed by atoms with Crippen LogP contribution in [0.1, 0.15) is 24.4 Å². The van der Waals surface area contributed by atoms with Crippen LogP contribution >= 0.6 is 0 Å². The van der Waals surface area contributed by atoms with E-state index >= 15 is 0 Å². The molecule has 7 heteroatoms. The number of pyridine rings is 1. The molecule has 0 radical (unpaired) electrons. The summed E-state index contributed by atoms with van der Waals surface area (Å²) < 4.78 is 5.41. The molecule has 2 aromatic rings. The summed E-state index contributed by atoms with van der Waals surface area (Å²) in [4.78, 5) is 25.8. The molecule has 1 unspecified atom stereocenters. The van der Waals surface area contributed by atoms with Gasteiger partial charge in [-0.05, 0) is 50.2 Å². The van der Waals surface area contributed by atoms with Crippen molar-refractivity contribution in [3.8, 4) is 11.3 Å². The average molecular weight is 344 g/mol. The smallest absolute Gasteiger partial charge is 0.328 e. The van der Waals surface area contributed by atoms with Crippen molar-refractivity contribution >= 4 is 11.9 Å². The third-order valence-corrected chi connectivity index (χ3v) is 3.84. The SMILES string of the molecule is CN1CCCC1c1cncc(-c2ccco2)c1.O=C(O)/C=C/C(=O)O. The van der Waals surface area contributed by atoms with Crippen LogP contribution in [-0.2, 0) is 9.59 Å². The standard InChI is InChI=1S/C14H16N2O.C4H4O4/c1-16-6-2-4-13(16)11-8-12(10-15-9-11)14-5-3-7-17-14;5-3(6)1-2-4(7)8/h3,5,7-10,13H,2,4,6H2,1H3;1-2H,(H,5,6)(H,7,8)/b;2-1+. The van der Waals surface area contributed by atoms with Gasteiger partial charge in [-0.3, -0.25) is 9.88 Å².